The first-order chi connectivity index (χ1) is 11.2. The van der Waals surface area contributed by atoms with Crippen LogP contribution in [0.15, 0.2) is 36.4 Å². The Hall–Kier alpha value is -2.21. The van der Waals surface area contributed by atoms with E-state index in [4.69, 9.17) is 4.74 Å². The molecule has 0 saturated heterocycles. The van der Waals surface area contributed by atoms with E-state index in [2.05, 4.69) is 5.32 Å². The summed E-state index contributed by atoms with van der Waals surface area (Å²) in [5.41, 5.74) is 0.426. The predicted octanol–water partition coefficient (Wildman–Crippen LogP) is 4.01. The van der Waals surface area contributed by atoms with E-state index in [1.807, 2.05) is 20.8 Å². The van der Waals surface area contributed by atoms with Crippen molar-refractivity contribution in [2.24, 2.45) is 0 Å². The van der Waals surface area contributed by atoms with Gasteiger partial charge in [0.25, 0.3) is 5.91 Å². The molecule has 2 aromatic rings. The van der Waals surface area contributed by atoms with Gasteiger partial charge in [-0.15, -0.1) is 11.3 Å². The minimum Gasteiger partial charge on any atom is -0.448 e. The van der Waals surface area contributed by atoms with Crippen molar-refractivity contribution < 1.29 is 18.7 Å². The highest BCUT2D eigenvalue weighted by Gasteiger charge is 2.23. The Morgan fingerprint density at radius 2 is 1.75 bits per heavy atom. The SMILES string of the molecule is C[C@@H](OC(=O)c1ccc(-c2ccc(F)cc2)s1)C(=O)NC(C)(C)C. The summed E-state index contributed by atoms with van der Waals surface area (Å²) >= 11 is 1.24. The highest BCUT2D eigenvalue weighted by Crippen LogP contribution is 2.28. The molecule has 0 fully saturated rings. The second-order valence-electron chi connectivity index (χ2n) is 6.46. The number of hydrogen-bond donors (Lipinski definition) is 1. The van der Waals surface area contributed by atoms with Crippen molar-refractivity contribution >= 4 is 23.2 Å². The largest absolute Gasteiger partial charge is 0.448 e. The lowest BCUT2D eigenvalue weighted by molar-refractivity contribution is -0.130. The summed E-state index contributed by atoms with van der Waals surface area (Å²) in [4.78, 5) is 25.4. The molecule has 1 aromatic carbocycles. The molecule has 0 bridgehead atoms. The number of ether oxygens (including phenoxy) is 1. The molecular weight excluding hydrogens is 329 g/mol. The first kappa shape index (κ1) is 18.1. The van der Waals surface area contributed by atoms with E-state index in [-0.39, 0.29) is 11.7 Å². The van der Waals surface area contributed by atoms with Crippen molar-refractivity contribution in [3.8, 4) is 10.4 Å². The van der Waals surface area contributed by atoms with Crippen LogP contribution in [0.5, 0.6) is 0 Å². The third-order valence-corrected chi connectivity index (χ3v) is 4.20. The second-order valence-corrected chi connectivity index (χ2v) is 7.54. The van der Waals surface area contributed by atoms with Gasteiger partial charge in [0.1, 0.15) is 10.7 Å². The number of carbonyl (C=O) groups excluding carboxylic acids is 2. The lowest BCUT2D eigenvalue weighted by atomic mass is 10.1. The Morgan fingerprint density at radius 1 is 1.12 bits per heavy atom. The van der Waals surface area contributed by atoms with Crippen LogP contribution in [0.3, 0.4) is 0 Å². The molecule has 1 N–H and O–H groups in total. The summed E-state index contributed by atoms with van der Waals surface area (Å²) < 4.78 is 18.2. The second kappa shape index (κ2) is 7.13. The van der Waals surface area contributed by atoms with Crippen LogP contribution in [0.25, 0.3) is 10.4 Å². The highest BCUT2D eigenvalue weighted by molar-refractivity contribution is 7.17. The molecule has 1 amide bonds. The Morgan fingerprint density at radius 3 is 2.33 bits per heavy atom. The fraction of sp³-hybridized carbons (Fsp3) is 0.333. The summed E-state index contributed by atoms with van der Waals surface area (Å²) in [6, 6.07) is 9.44. The Balaban J connectivity index is 2.03. The highest BCUT2D eigenvalue weighted by atomic mass is 32.1. The third-order valence-electron chi connectivity index (χ3n) is 3.09. The maximum atomic E-state index is 13.0. The molecule has 1 aromatic heterocycles. The summed E-state index contributed by atoms with van der Waals surface area (Å²) in [5, 5.41) is 2.76. The summed E-state index contributed by atoms with van der Waals surface area (Å²) in [7, 11) is 0. The zero-order chi connectivity index (χ0) is 17.9. The van der Waals surface area contributed by atoms with Crippen molar-refractivity contribution in [3.05, 3.63) is 47.1 Å². The minimum absolute atomic E-state index is 0.311. The van der Waals surface area contributed by atoms with Crippen LogP contribution in [0.4, 0.5) is 4.39 Å². The van der Waals surface area contributed by atoms with Crippen molar-refractivity contribution in [2.75, 3.05) is 0 Å². The van der Waals surface area contributed by atoms with Gasteiger partial charge in [-0.05, 0) is 57.5 Å². The monoisotopic (exact) mass is 349 g/mol. The van der Waals surface area contributed by atoms with Gasteiger partial charge in [-0.3, -0.25) is 4.79 Å². The quantitative estimate of drug-likeness (QED) is 0.849. The number of thiophene rings is 1. The maximum Gasteiger partial charge on any atom is 0.349 e. The van der Waals surface area contributed by atoms with Crippen LogP contribution in [-0.4, -0.2) is 23.5 Å². The molecule has 2 rings (SSSR count). The van der Waals surface area contributed by atoms with Crippen molar-refractivity contribution in [1.29, 1.82) is 0 Å². The van der Waals surface area contributed by atoms with Crippen LogP contribution in [0, 0.1) is 5.82 Å². The number of benzene rings is 1. The van der Waals surface area contributed by atoms with E-state index < -0.39 is 17.6 Å². The number of rotatable bonds is 4. The molecule has 0 spiro atoms. The summed E-state index contributed by atoms with van der Waals surface area (Å²) in [6.07, 6.45) is -0.881. The van der Waals surface area contributed by atoms with E-state index in [0.717, 1.165) is 10.4 Å². The van der Waals surface area contributed by atoms with Crippen LogP contribution in [0.1, 0.15) is 37.4 Å². The van der Waals surface area contributed by atoms with Gasteiger partial charge >= 0.3 is 5.97 Å². The van der Waals surface area contributed by atoms with Gasteiger partial charge in [0.2, 0.25) is 0 Å². The number of amides is 1. The number of hydrogen-bond acceptors (Lipinski definition) is 4. The van der Waals surface area contributed by atoms with Gasteiger partial charge in [0.15, 0.2) is 6.10 Å². The van der Waals surface area contributed by atoms with E-state index in [1.165, 1.54) is 30.4 Å². The molecule has 24 heavy (non-hydrogen) atoms. The number of esters is 1. The van der Waals surface area contributed by atoms with E-state index in [1.54, 1.807) is 24.3 Å². The number of nitrogens with one attached hydrogen (secondary N) is 1. The molecule has 0 saturated carbocycles. The fourth-order valence-corrected chi connectivity index (χ4v) is 2.85. The normalized spacial score (nSPS) is 12.5. The molecule has 0 aliphatic heterocycles. The molecule has 6 heteroatoms. The van der Waals surface area contributed by atoms with E-state index >= 15 is 0 Å². The van der Waals surface area contributed by atoms with Gasteiger partial charge in [0, 0.05) is 10.4 Å². The molecule has 1 atom stereocenters. The first-order valence-electron chi connectivity index (χ1n) is 7.54. The van der Waals surface area contributed by atoms with Crippen molar-refractivity contribution in [3.63, 3.8) is 0 Å². The Kier molecular flexibility index (Phi) is 5.39. The maximum absolute atomic E-state index is 13.0. The van der Waals surface area contributed by atoms with Gasteiger partial charge in [-0.1, -0.05) is 12.1 Å². The predicted molar refractivity (Wildman–Crippen MR) is 92.5 cm³/mol. The molecule has 0 aliphatic rings. The average molecular weight is 349 g/mol. The molecule has 0 radical (unpaired) electrons. The van der Waals surface area contributed by atoms with Crippen LogP contribution in [-0.2, 0) is 9.53 Å². The van der Waals surface area contributed by atoms with Gasteiger partial charge in [-0.25, -0.2) is 9.18 Å². The van der Waals surface area contributed by atoms with Gasteiger partial charge in [-0.2, -0.15) is 0 Å². The minimum atomic E-state index is -0.881. The van der Waals surface area contributed by atoms with E-state index in [0.29, 0.717) is 4.88 Å². The van der Waals surface area contributed by atoms with Crippen molar-refractivity contribution in [1.82, 2.24) is 5.32 Å². The summed E-state index contributed by atoms with van der Waals surface area (Å²) in [6.45, 7) is 7.10. The lowest BCUT2D eigenvalue weighted by Crippen LogP contribution is -2.46. The molecule has 0 aliphatic carbocycles. The third kappa shape index (κ3) is 4.89. The van der Waals surface area contributed by atoms with E-state index in [9.17, 15) is 14.0 Å². The first-order valence-corrected chi connectivity index (χ1v) is 8.36. The van der Waals surface area contributed by atoms with Crippen LogP contribution < -0.4 is 5.32 Å². The molecule has 4 nitrogen and oxygen atoms in total. The van der Waals surface area contributed by atoms with Crippen LogP contribution in [0.2, 0.25) is 0 Å². The smallest absolute Gasteiger partial charge is 0.349 e. The zero-order valence-electron chi connectivity index (χ0n) is 14.1. The fourth-order valence-electron chi connectivity index (χ4n) is 1.96. The van der Waals surface area contributed by atoms with Gasteiger partial charge in [0.05, 0.1) is 0 Å². The Labute approximate surface area is 144 Å². The van der Waals surface area contributed by atoms with Crippen LogP contribution >= 0.6 is 11.3 Å². The molecule has 0 unspecified atom stereocenters. The summed E-state index contributed by atoms with van der Waals surface area (Å²) in [5.74, 6) is -1.20. The number of carbonyl (C=O) groups is 2. The zero-order valence-corrected chi connectivity index (χ0v) is 14.9. The Bertz CT molecular complexity index is 731. The number of halogens is 1. The topological polar surface area (TPSA) is 55.4 Å². The molecule has 1 heterocycles. The van der Waals surface area contributed by atoms with Crippen molar-refractivity contribution in [2.45, 2.75) is 39.3 Å². The molecule has 128 valence electrons. The van der Waals surface area contributed by atoms with Gasteiger partial charge < -0.3 is 10.1 Å². The standard InChI is InChI=1S/C18H20FNO3S/c1-11(16(21)20-18(2,3)4)23-17(22)15-10-9-14(24-15)12-5-7-13(19)8-6-12/h5-11H,1-4H3,(H,20,21)/t11-/m1/s1. The molecular formula is C18H20FNO3S. The average Bonchev–Trinajstić information content (AvgIpc) is 2.96. The lowest BCUT2D eigenvalue weighted by Gasteiger charge is -2.23.